The summed E-state index contributed by atoms with van der Waals surface area (Å²) in [7, 11) is 0. The Labute approximate surface area is 219 Å². The van der Waals surface area contributed by atoms with Gasteiger partial charge in [0.05, 0.1) is 29.2 Å². The van der Waals surface area contributed by atoms with E-state index in [-0.39, 0.29) is 28.5 Å². The van der Waals surface area contributed by atoms with Gasteiger partial charge in [0.25, 0.3) is 0 Å². The van der Waals surface area contributed by atoms with Crippen LogP contribution in [0.3, 0.4) is 0 Å². The lowest BCUT2D eigenvalue weighted by Gasteiger charge is -2.40. The van der Waals surface area contributed by atoms with Gasteiger partial charge in [-0.1, -0.05) is 72.1 Å². The number of aliphatic carboxylic acids is 1. The summed E-state index contributed by atoms with van der Waals surface area (Å²) in [5.41, 5.74) is 0.723. The van der Waals surface area contributed by atoms with E-state index in [1.807, 2.05) is 30.3 Å². The lowest BCUT2D eigenvalue weighted by Crippen LogP contribution is -2.56. The van der Waals surface area contributed by atoms with Gasteiger partial charge in [-0.3, -0.25) is 14.4 Å². The fourth-order valence-corrected chi connectivity index (χ4v) is 9.75. The third-order valence-corrected chi connectivity index (χ3v) is 10.9. The van der Waals surface area contributed by atoms with Crippen LogP contribution in [0.1, 0.15) is 44.2 Å². The Hall–Kier alpha value is -1.84. The third kappa shape index (κ3) is 4.33. The molecule has 1 spiro atoms. The summed E-state index contributed by atoms with van der Waals surface area (Å²) in [5, 5.41) is 20.3. The molecule has 1 aromatic carbocycles. The highest BCUT2D eigenvalue weighted by Crippen LogP contribution is 2.68. The number of aliphatic hydroxyl groups is 1. The molecule has 7 nitrogen and oxygen atoms in total. The van der Waals surface area contributed by atoms with Crippen molar-refractivity contribution < 1.29 is 24.6 Å². The van der Waals surface area contributed by atoms with E-state index in [2.05, 4.69) is 29.4 Å². The largest absolute Gasteiger partial charge is 0.481 e. The lowest BCUT2D eigenvalue weighted by molar-refractivity contribution is -0.149. The van der Waals surface area contributed by atoms with Crippen LogP contribution in [0.2, 0.25) is 0 Å². The van der Waals surface area contributed by atoms with E-state index in [9.17, 15) is 24.6 Å². The predicted molar refractivity (Wildman–Crippen MR) is 139 cm³/mol. The molecule has 0 radical (unpaired) electrons. The first-order valence-electron chi connectivity index (χ1n) is 12.2. The highest BCUT2D eigenvalue weighted by molar-refractivity contribution is 9.09. The second-order valence-corrected chi connectivity index (χ2v) is 12.4. The Balaban J connectivity index is 1.81. The molecule has 7 atom stereocenters. The van der Waals surface area contributed by atoms with Gasteiger partial charge < -0.3 is 20.0 Å². The van der Waals surface area contributed by atoms with Crippen molar-refractivity contribution in [1.29, 1.82) is 0 Å². The molecule has 3 saturated heterocycles. The Kier molecular flexibility index (Phi) is 7.98. The van der Waals surface area contributed by atoms with Crippen LogP contribution in [-0.2, 0) is 14.4 Å². The van der Waals surface area contributed by atoms with Gasteiger partial charge in [-0.15, -0.1) is 18.3 Å². The minimum Gasteiger partial charge on any atom is -0.481 e. The van der Waals surface area contributed by atoms with Crippen molar-refractivity contribution >= 4 is 45.5 Å². The second-order valence-electron chi connectivity index (χ2n) is 9.64. The van der Waals surface area contributed by atoms with Gasteiger partial charge in [0.1, 0.15) is 6.04 Å². The van der Waals surface area contributed by atoms with Crippen molar-refractivity contribution in [3.63, 3.8) is 0 Å². The van der Waals surface area contributed by atoms with Crippen LogP contribution in [0.25, 0.3) is 0 Å². The molecule has 3 unspecified atom stereocenters. The number of rotatable bonds is 11. The van der Waals surface area contributed by atoms with Gasteiger partial charge in [0.2, 0.25) is 11.8 Å². The zero-order chi connectivity index (χ0) is 25.3. The summed E-state index contributed by atoms with van der Waals surface area (Å²) in [4.78, 5) is 43.8. The van der Waals surface area contributed by atoms with Crippen molar-refractivity contribution in [2.24, 2.45) is 11.8 Å². The first kappa shape index (κ1) is 26.2. The maximum absolute atomic E-state index is 14.3. The van der Waals surface area contributed by atoms with Gasteiger partial charge in [-0.25, -0.2) is 0 Å². The average molecular weight is 566 g/mol. The number of likely N-dealkylation sites (tertiary alicyclic amines) is 1. The highest BCUT2D eigenvalue weighted by atomic mass is 79.9. The molecule has 4 rings (SSSR count). The molecule has 35 heavy (non-hydrogen) atoms. The second kappa shape index (κ2) is 10.6. The number of benzene rings is 1. The monoisotopic (exact) mass is 564 g/mol. The average Bonchev–Trinajstić information content (AvgIpc) is 3.43. The van der Waals surface area contributed by atoms with E-state index in [1.165, 1.54) is 16.7 Å². The summed E-state index contributed by atoms with van der Waals surface area (Å²) in [6.45, 7) is 6.46. The molecule has 0 aromatic heterocycles. The van der Waals surface area contributed by atoms with E-state index in [1.54, 1.807) is 11.0 Å². The van der Waals surface area contributed by atoms with Gasteiger partial charge >= 0.3 is 5.97 Å². The molecular formula is C26H33BrN2O5S. The summed E-state index contributed by atoms with van der Waals surface area (Å²) >= 11 is 5.15. The SMILES string of the molecule is C=CCN(CCCCC)C(=O)C1N([C@H](CO)c2ccccc2)C(=O)[C@@H]2[C@H](C(=O)O)[C@H]3SC12CC3Br. The standard InChI is InChI=1S/C26H33BrN2O5S/c1-3-5-9-13-28(12-4-2)24(32)22-26-14-17(27)21(35-26)19(25(33)34)20(26)23(31)29(22)18(15-30)16-10-7-6-8-11-16/h4,6-8,10-11,17-22,30H,2-3,5,9,12-15H2,1H3,(H,33,34)/t17?,18-,19+,20+,21+,22?,26?/m1/s1. The molecule has 1 aromatic rings. The van der Waals surface area contributed by atoms with Gasteiger partial charge in [0.15, 0.2) is 0 Å². The zero-order valence-electron chi connectivity index (χ0n) is 19.9. The van der Waals surface area contributed by atoms with E-state index >= 15 is 0 Å². The third-order valence-electron chi connectivity index (χ3n) is 7.63. The molecule has 3 aliphatic heterocycles. The molecular weight excluding hydrogens is 532 g/mol. The van der Waals surface area contributed by atoms with Gasteiger partial charge in [0, 0.05) is 23.2 Å². The molecule has 0 aliphatic carbocycles. The molecule has 3 heterocycles. The predicted octanol–water partition coefficient (Wildman–Crippen LogP) is 3.47. The topological polar surface area (TPSA) is 98.2 Å². The number of thioether (sulfide) groups is 1. The molecule has 3 fully saturated rings. The number of halogens is 1. The van der Waals surface area contributed by atoms with Crippen LogP contribution >= 0.6 is 27.7 Å². The van der Waals surface area contributed by atoms with Crippen molar-refractivity contribution in [2.45, 2.75) is 59.5 Å². The summed E-state index contributed by atoms with van der Waals surface area (Å²) in [6.07, 6.45) is 5.04. The fourth-order valence-electron chi connectivity index (χ4n) is 6.17. The number of hydrogen-bond acceptors (Lipinski definition) is 5. The molecule has 190 valence electrons. The van der Waals surface area contributed by atoms with E-state index in [0.717, 1.165) is 24.8 Å². The maximum atomic E-state index is 14.3. The van der Waals surface area contributed by atoms with Crippen molar-refractivity contribution in [2.75, 3.05) is 19.7 Å². The number of fused-ring (bicyclic) bond motifs is 1. The number of carboxylic acids is 1. The van der Waals surface area contributed by atoms with E-state index in [4.69, 9.17) is 0 Å². The van der Waals surface area contributed by atoms with Gasteiger partial charge in [-0.2, -0.15) is 0 Å². The van der Waals surface area contributed by atoms with Crippen LogP contribution in [0.4, 0.5) is 0 Å². The van der Waals surface area contributed by atoms with Crippen LogP contribution in [0.5, 0.6) is 0 Å². The number of carbonyl (C=O) groups is 3. The molecule has 9 heteroatoms. The number of nitrogens with zero attached hydrogens (tertiary/aromatic N) is 2. The quantitative estimate of drug-likeness (QED) is 0.242. The zero-order valence-corrected chi connectivity index (χ0v) is 22.3. The summed E-state index contributed by atoms with van der Waals surface area (Å²) in [6, 6.07) is 7.58. The minimum absolute atomic E-state index is 0.106. The molecule has 0 saturated carbocycles. The first-order chi connectivity index (χ1) is 16.8. The Bertz CT molecular complexity index is 978. The van der Waals surface area contributed by atoms with Crippen LogP contribution < -0.4 is 0 Å². The Morgan fingerprint density at radius 3 is 2.66 bits per heavy atom. The highest BCUT2D eigenvalue weighted by Gasteiger charge is 2.76. The van der Waals surface area contributed by atoms with Crippen LogP contribution in [0.15, 0.2) is 43.0 Å². The molecule has 2 bridgehead atoms. The van der Waals surface area contributed by atoms with E-state index < -0.39 is 34.6 Å². The smallest absolute Gasteiger partial charge is 0.308 e. The van der Waals surface area contributed by atoms with Gasteiger partial charge in [-0.05, 0) is 18.4 Å². The molecule has 2 amide bonds. The number of carbonyl (C=O) groups excluding carboxylic acids is 2. The fraction of sp³-hybridized carbons (Fsp3) is 0.577. The Morgan fingerprint density at radius 2 is 2.06 bits per heavy atom. The number of unbranched alkanes of at least 4 members (excludes halogenated alkanes) is 2. The minimum atomic E-state index is -1.01. The van der Waals surface area contributed by atoms with Crippen molar-refractivity contribution in [3.8, 4) is 0 Å². The van der Waals surface area contributed by atoms with Crippen LogP contribution in [0, 0.1) is 11.8 Å². The van der Waals surface area contributed by atoms with Crippen molar-refractivity contribution in [1.82, 2.24) is 9.80 Å². The first-order valence-corrected chi connectivity index (χ1v) is 14.0. The lowest BCUT2D eigenvalue weighted by atomic mass is 9.71. The van der Waals surface area contributed by atoms with Crippen molar-refractivity contribution in [3.05, 3.63) is 48.6 Å². The molecule has 2 N–H and O–H groups in total. The maximum Gasteiger partial charge on any atom is 0.308 e. The number of aliphatic hydroxyl groups excluding tert-OH is 1. The number of carboxylic acid groups (broad SMARTS) is 1. The van der Waals surface area contributed by atoms with Crippen LogP contribution in [-0.4, -0.2) is 78.4 Å². The summed E-state index contributed by atoms with van der Waals surface area (Å²) < 4.78 is -0.859. The summed E-state index contributed by atoms with van der Waals surface area (Å²) in [5.74, 6) is -3.23. The normalized spacial score (nSPS) is 31.9. The Morgan fingerprint density at radius 1 is 1.34 bits per heavy atom. The number of hydrogen-bond donors (Lipinski definition) is 2. The number of alkyl halides is 1. The van der Waals surface area contributed by atoms with E-state index in [0.29, 0.717) is 19.5 Å². The number of amides is 2. The molecule has 3 aliphatic rings.